The fourth-order valence-electron chi connectivity index (χ4n) is 1.49. The minimum absolute atomic E-state index is 0.452. The molecule has 8 heteroatoms. The number of nitrogens with zero attached hydrogens (tertiary/aromatic N) is 7. The topological polar surface area (TPSA) is 100 Å². The number of aromatic nitrogens is 7. The molecule has 0 amide bonds. The van der Waals surface area contributed by atoms with Crippen molar-refractivity contribution in [3.05, 3.63) is 11.5 Å². The Hall–Kier alpha value is -1.99. The molecule has 2 heterocycles. The minimum atomic E-state index is 0.452. The summed E-state index contributed by atoms with van der Waals surface area (Å²) in [5, 5.41) is 19.5. The zero-order valence-electron chi connectivity index (χ0n) is 9.33. The number of tetrazole rings is 1. The summed E-state index contributed by atoms with van der Waals surface area (Å²) in [4.78, 5) is 1.41. The van der Waals surface area contributed by atoms with Gasteiger partial charge in [-0.25, -0.2) is 4.68 Å². The predicted molar refractivity (Wildman–Crippen MR) is 56.3 cm³/mol. The van der Waals surface area contributed by atoms with Gasteiger partial charge in [0.1, 0.15) is 6.54 Å². The van der Waals surface area contributed by atoms with Crippen LogP contribution in [0.3, 0.4) is 0 Å². The van der Waals surface area contributed by atoms with Crippen LogP contribution in [0.2, 0.25) is 0 Å². The van der Waals surface area contributed by atoms with Crippen LogP contribution in [0.5, 0.6) is 0 Å². The van der Waals surface area contributed by atoms with Crippen molar-refractivity contribution in [1.82, 2.24) is 35.2 Å². The highest BCUT2D eigenvalue weighted by molar-refractivity contribution is 5.33. The highest BCUT2D eigenvalue weighted by Gasteiger charge is 2.11. The number of aryl methyl sites for hydroxylation is 1. The maximum atomic E-state index is 5.73. The van der Waals surface area contributed by atoms with Gasteiger partial charge >= 0.3 is 0 Å². The van der Waals surface area contributed by atoms with E-state index in [1.807, 2.05) is 0 Å². The molecule has 86 valence electrons. The van der Waals surface area contributed by atoms with Crippen LogP contribution in [0.1, 0.15) is 24.9 Å². The van der Waals surface area contributed by atoms with Gasteiger partial charge in [-0.15, -0.1) is 15.3 Å². The second-order valence-corrected chi connectivity index (χ2v) is 3.52. The van der Waals surface area contributed by atoms with Crippen LogP contribution in [-0.4, -0.2) is 35.2 Å². The van der Waals surface area contributed by atoms with E-state index in [1.54, 1.807) is 11.7 Å². The summed E-state index contributed by atoms with van der Waals surface area (Å²) in [5.74, 6) is 1.08. The first-order valence-corrected chi connectivity index (χ1v) is 5.11. The quantitative estimate of drug-likeness (QED) is 0.740. The lowest BCUT2D eigenvalue weighted by molar-refractivity contribution is 0.586. The lowest BCUT2D eigenvalue weighted by Crippen LogP contribution is -2.09. The molecular weight excluding hydrogens is 208 g/mol. The summed E-state index contributed by atoms with van der Waals surface area (Å²) < 4.78 is 1.72. The van der Waals surface area contributed by atoms with Crippen LogP contribution in [0.25, 0.3) is 0 Å². The molecular formula is C8H14N8. The van der Waals surface area contributed by atoms with Crippen LogP contribution < -0.4 is 5.73 Å². The number of anilines is 1. The Morgan fingerprint density at radius 1 is 1.25 bits per heavy atom. The molecule has 0 spiro atoms. The molecule has 2 rings (SSSR count). The van der Waals surface area contributed by atoms with Crippen molar-refractivity contribution in [3.8, 4) is 0 Å². The monoisotopic (exact) mass is 222 g/mol. The molecule has 0 radical (unpaired) electrons. The van der Waals surface area contributed by atoms with E-state index in [0.717, 1.165) is 18.5 Å². The molecule has 0 saturated heterocycles. The molecule has 0 fully saturated rings. The molecule has 8 nitrogen and oxygen atoms in total. The molecule has 0 aromatic carbocycles. The molecule has 16 heavy (non-hydrogen) atoms. The molecule has 0 unspecified atom stereocenters. The van der Waals surface area contributed by atoms with Crippen molar-refractivity contribution in [2.75, 3.05) is 5.73 Å². The van der Waals surface area contributed by atoms with Gasteiger partial charge < -0.3 is 5.73 Å². The van der Waals surface area contributed by atoms with Gasteiger partial charge in [-0.2, -0.15) is 4.80 Å². The van der Waals surface area contributed by atoms with E-state index in [2.05, 4.69) is 32.6 Å². The zero-order valence-corrected chi connectivity index (χ0v) is 9.33. The summed E-state index contributed by atoms with van der Waals surface area (Å²) in [6.07, 6.45) is 1.84. The fourth-order valence-corrected chi connectivity index (χ4v) is 1.49. The number of rotatable bonds is 4. The average molecular weight is 222 g/mol. The van der Waals surface area contributed by atoms with Crippen LogP contribution in [0.4, 0.5) is 5.82 Å². The average Bonchev–Trinajstić information content (AvgIpc) is 2.79. The van der Waals surface area contributed by atoms with E-state index >= 15 is 0 Å². The first kappa shape index (κ1) is 10.5. The number of hydrogen-bond acceptors (Lipinski definition) is 6. The largest absolute Gasteiger partial charge is 0.381 e. The van der Waals surface area contributed by atoms with E-state index in [9.17, 15) is 0 Å². The molecule has 0 aliphatic heterocycles. The molecule has 0 aliphatic carbocycles. The van der Waals surface area contributed by atoms with E-state index in [4.69, 9.17) is 5.73 Å². The summed E-state index contributed by atoms with van der Waals surface area (Å²) in [6, 6.07) is 0. The maximum Gasteiger partial charge on any atom is 0.196 e. The molecule has 0 bridgehead atoms. The minimum Gasteiger partial charge on any atom is -0.381 e. The first-order valence-electron chi connectivity index (χ1n) is 5.11. The predicted octanol–water partition coefficient (Wildman–Crippen LogP) is -0.615. The van der Waals surface area contributed by atoms with E-state index in [1.165, 1.54) is 4.80 Å². The smallest absolute Gasteiger partial charge is 0.196 e. The Morgan fingerprint density at radius 3 is 2.69 bits per heavy atom. The molecule has 2 N–H and O–H groups in total. The van der Waals surface area contributed by atoms with E-state index in [-0.39, 0.29) is 0 Å². The third-order valence-electron chi connectivity index (χ3n) is 2.20. The van der Waals surface area contributed by atoms with Gasteiger partial charge in [0.25, 0.3) is 0 Å². The van der Waals surface area contributed by atoms with Gasteiger partial charge in [-0.05, 0) is 11.6 Å². The van der Waals surface area contributed by atoms with Gasteiger partial charge in [0, 0.05) is 0 Å². The standard InChI is InChI=1S/C8H14N8/c1-3-4-6-8(9)11-14-16(6)5-7-10-13-15(2)12-7/h3-5,9H2,1-2H3. The van der Waals surface area contributed by atoms with Gasteiger partial charge in [0.15, 0.2) is 11.6 Å². The van der Waals surface area contributed by atoms with Crippen LogP contribution >= 0.6 is 0 Å². The third kappa shape index (κ3) is 2.00. The Morgan fingerprint density at radius 2 is 2.06 bits per heavy atom. The molecule has 0 atom stereocenters. The summed E-state index contributed by atoms with van der Waals surface area (Å²) in [5.41, 5.74) is 6.66. The van der Waals surface area contributed by atoms with Crippen molar-refractivity contribution in [1.29, 1.82) is 0 Å². The van der Waals surface area contributed by atoms with Gasteiger partial charge in [-0.1, -0.05) is 18.6 Å². The fraction of sp³-hybridized carbons (Fsp3) is 0.625. The number of nitrogens with two attached hydrogens (primary N) is 1. The van der Waals surface area contributed by atoms with Gasteiger partial charge in [-0.3, -0.25) is 0 Å². The Balaban J connectivity index is 2.20. The second kappa shape index (κ2) is 4.25. The normalized spacial score (nSPS) is 10.9. The zero-order chi connectivity index (χ0) is 11.5. The summed E-state index contributed by atoms with van der Waals surface area (Å²) in [6.45, 7) is 2.53. The van der Waals surface area contributed by atoms with Crippen molar-refractivity contribution in [2.24, 2.45) is 7.05 Å². The lowest BCUT2D eigenvalue weighted by Gasteiger charge is -2.02. The second-order valence-electron chi connectivity index (χ2n) is 3.52. The number of hydrogen-bond donors (Lipinski definition) is 1. The molecule has 2 aromatic rings. The van der Waals surface area contributed by atoms with Gasteiger partial charge in [0.2, 0.25) is 0 Å². The molecule has 0 aliphatic rings. The lowest BCUT2D eigenvalue weighted by atomic mass is 10.2. The molecule has 2 aromatic heterocycles. The Labute approximate surface area is 92.4 Å². The van der Waals surface area contributed by atoms with Crippen molar-refractivity contribution in [2.45, 2.75) is 26.3 Å². The van der Waals surface area contributed by atoms with E-state index in [0.29, 0.717) is 18.2 Å². The van der Waals surface area contributed by atoms with Crippen molar-refractivity contribution in [3.63, 3.8) is 0 Å². The first-order chi connectivity index (χ1) is 7.70. The SMILES string of the molecule is CCCc1c(N)nnn1Cc1nnn(C)n1. The third-order valence-corrected chi connectivity index (χ3v) is 2.20. The Bertz CT molecular complexity index is 470. The Kier molecular flexibility index (Phi) is 2.80. The molecule has 0 saturated carbocycles. The van der Waals surface area contributed by atoms with Crippen LogP contribution in [-0.2, 0) is 20.0 Å². The summed E-state index contributed by atoms with van der Waals surface area (Å²) >= 11 is 0. The summed E-state index contributed by atoms with van der Waals surface area (Å²) in [7, 11) is 1.72. The van der Waals surface area contributed by atoms with Crippen LogP contribution in [0, 0.1) is 0 Å². The van der Waals surface area contributed by atoms with Crippen molar-refractivity contribution >= 4 is 5.82 Å². The van der Waals surface area contributed by atoms with Crippen LogP contribution in [0.15, 0.2) is 0 Å². The van der Waals surface area contributed by atoms with Gasteiger partial charge in [0.05, 0.1) is 12.7 Å². The maximum absolute atomic E-state index is 5.73. The van der Waals surface area contributed by atoms with E-state index < -0.39 is 0 Å². The van der Waals surface area contributed by atoms with Crippen molar-refractivity contribution < 1.29 is 0 Å². The number of nitrogen functional groups attached to an aromatic ring is 1. The highest BCUT2D eigenvalue weighted by atomic mass is 15.6. The highest BCUT2D eigenvalue weighted by Crippen LogP contribution is 2.10.